The number of benzene rings is 1. The fourth-order valence-electron chi connectivity index (χ4n) is 2.65. The van der Waals surface area contributed by atoms with Crippen molar-refractivity contribution in [1.82, 2.24) is 4.31 Å². The van der Waals surface area contributed by atoms with Crippen LogP contribution in [0, 0.1) is 0 Å². The maximum Gasteiger partial charge on any atom is 0.389 e. The SMILES string of the molecule is C=C.CCCC(F)(F)F.CCCN1CCN(C)Sc2cc(O/C=C(\F)C(=O)O)c(SC)cc21. The van der Waals surface area contributed by atoms with E-state index in [1.807, 2.05) is 25.4 Å². The molecule has 0 aliphatic carbocycles. The second-order valence-electron chi connectivity index (χ2n) is 6.65. The quantitative estimate of drug-likeness (QED) is 0.105. The molecule has 1 aromatic carbocycles. The van der Waals surface area contributed by atoms with Gasteiger partial charge in [-0.25, -0.2) is 9.10 Å². The fraction of sp³-hybridized carbons (Fsp3) is 0.500. The molecule has 0 bridgehead atoms. The Labute approximate surface area is 202 Å². The molecule has 1 aliphatic heterocycles. The molecule has 33 heavy (non-hydrogen) atoms. The largest absolute Gasteiger partial charge is 0.476 e. The highest BCUT2D eigenvalue weighted by Gasteiger charge is 2.24. The molecule has 0 saturated carbocycles. The van der Waals surface area contributed by atoms with Crippen molar-refractivity contribution >= 4 is 35.4 Å². The van der Waals surface area contributed by atoms with E-state index in [0.717, 1.165) is 41.5 Å². The Hall–Kier alpha value is -1.85. The van der Waals surface area contributed by atoms with E-state index in [9.17, 15) is 22.4 Å². The lowest BCUT2D eigenvalue weighted by atomic mass is 10.2. The third-order valence-electron chi connectivity index (χ3n) is 4.05. The molecule has 0 atom stereocenters. The van der Waals surface area contributed by atoms with Crippen molar-refractivity contribution in [2.75, 3.05) is 37.8 Å². The predicted molar refractivity (Wildman–Crippen MR) is 129 cm³/mol. The molecule has 1 aromatic rings. The number of ether oxygens (including phenoxy) is 1. The number of hydrogen-bond acceptors (Lipinski definition) is 6. The third-order valence-corrected chi connectivity index (χ3v) is 5.82. The Bertz CT molecular complexity index is 777. The van der Waals surface area contributed by atoms with Gasteiger partial charge in [0.15, 0.2) is 0 Å². The summed E-state index contributed by atoms with van der Waals surface area (Å²) in [5, 5.41) is 8.60. The Kier molecular flexibility index (Phi) is 15.0. The van der Waals surface area contributed by atoms with Crippen molar-refractivity contribution in [2.24, 2.45) is 0 Å². The molecule has 11 heteroatoms. The van der Waals surface area contributed by atoms with Crippen LogP contribution in [-0.2, 0) is 4.79 Å². The molecule has 0 unspecified atom stereocenters. The number of alkyl halides is 3. The van der Waals surface area contributed by atoms with Gasteiger partial charge in [-0.3, -0.25) is 0 Å². The number of carbonyl (C=O) groups is 1. The normalized spacial score (nSPS) is 14.2. The maximum absolute atomic E-state index is 13.2. The molecule has 1 N–H and O–H groups in total. The number of aliphatic carboxylic acids is 1. The van der Waals surface area contributed by atoms with Crippen LogP contribution in [0.25, 0.3) is 0 Å². The van der Waals surface area contributed by atoms with Crippen molar-refractivity contribution < 1.29 is 32.2 Å². The Morgan fingerprint density at radius 2 is 1.91 bits per heavy atom. The first kappa shape index (κ1) is 31.1. The van der Waals surface area contributed by atoms with Crippen LogP contribution in [0.1, 0.15) is 33.1 Å². The van der Waals surface area contributed by atoms with E-state index in [1.54, 1.807) is 11.9 Å². The molecule has 0 radical (unpaired) electrons. The number of halogens is 4. The Morgan fingerprint density at radius 1 is 1.27 bits per heavy atom. The lowest BCUT2D eigenvalue weighted by Crippen LogP contribution is -2.29. The molecular weight excluding hydrogens is 480 g/mol. The zero-order valence-corrected chi connectivity index (χ0v) is 21.0. The summed E-state index contributed by atoms with van der Waals surface area (Å²) in [4.78, 5) is 14.8. The lowest BCUT2D eigenvalue weighted by Gasteiger charge is -2.24. The van der Waals surface area contributed by atoms with Crippen LogP contribution in [0.5, 0.6) is 5.75 Å². The van der Waals surface area contributed by atoms with Crippen molar-refractivity contribution in [1.29, 1.82) is 0 Å². The molecule has 1 heterocycles. The molecule has 0 saturated heterocycles. The number of likely N-dealkylation sites (N-methyl/N-ethyl adjacent to an activating group) is 1. The lowest BCUT2D eigenvalue weighted by molar-refractivity contribution is -0.135. The average molecular weight is 513 g/mol. The van der Waals surface area contributed by atoms with E-state index < -0.39 is 24.4 Å². The summed E-state index contributed by atoms with van der Waals surface area (Å²) in [6.45, 7) is 12.5. The zero-order chi connectivity index (χ0) is 25.6. The third kappa shape index (κ3) is 11.7. The summed E-state index contributed by atoms with van der Waals surface area (Å²) >= 11 is 3.09. The van der Waals surface area contributed by atoms with Crippen LogP contribution in [0.3, 0.4) is 0 Å². The van der Waals surface area contributed by atoms with Gasteiger partial charge in [-0.2, -0.15) is 17.6 Å². The van der Waals surface area contributed by atoms with Gasteiger partial charge in [0, 0.05) is 26.1 Å². The van der Waals surface area contributed by atoms with Crippen LogP contribution in [0.15, 0.2) is 47.2 Å². The predicted octanol–water partition coefficient (Wildman–Crippen LogP) is 7.00. The van der Waals surface area contributed by atoms with Gasteiger partial charge in [-0.1, -0.05) is 13.8 Å². The number of thioether (sulfide) groups is 1. The standard InChI is InChI=1S/C16H21FN2O3S2.C4H7F3.C2H4/c1-4-5-19-7-6-18(2)24-14-9-13(15(23-3)8-12(14)19)22-10-11(17)16(20)21;1-2-3-4(5,6)7;1-2/h8-10H,4-7H2,1-3H3,(H,20,21);2-3H2,1H3;1-2H2/b11-10-;;. The van der Waals surface area contributed by atoms with Gasteiger partial charge in [0.25, 0.3) is 0 Å². The van der Waals surface area contributed by atoms with Gasteiger partial charge in [0.05, 0.1) is 15.5 Å². The first-order chi connectivity index (χ1) is 15.5. The van der Waals surface area contributed by atoms with Crippen LogP contribution in [0.4, 0.5) is 23.2 Å². The summed E-state index contributed by atoms with van der Waals surface area (Å²) in [5.41, 5.74) is 1.13. The zero-order valence-electron chi connectivity index (χ0n) is 19.4. The monoisotopic (exact) mass is 512 g/mol. The van der Waals surface area contributed by atoms with Crippen LogP contribution in [-0.4, -0.2) is 54.5 Å². The van der Waals surface area contributed by atoms with Gasteiger partial charge >= 0.3 is 12.1 Å². The molecule has 1 aliphatic rings. The van der Waals surface area contributed by atoms with Crippen molar-refractivity contribution in [3.8, 4) is 5.75 Å². The van der Waals surface area contributed by atoms with E-state index >= 15 is 0 Å². The van der Waals surface area contributed by atoms with Crippen LogP contribution >= 0.6 is 23.7 Å². The minimum atomic E-state index is -3.95. The number of rotatable bonds is 7. The second-order valence-corrected chi connectivity index (χ2v) is 8.75. The van der Waals surface area contributed by atoms with E-state index in [4.69, 9.17) is 9.84 Å². The molecule has 5 nitrogen and oxygen atoms in total. The Balaban J connectivity index is 0.000000973. The van der Waals surface area contributed by atoms with Crippen LogP contribution in [0.2, 0.25) is 0 Å². The first-order valence-corrected chi connectivity index (χ1v) is 12.2. The molecule has 188 valence electrons. The summed E-state index contributed by atoms with van der Waals surface area (Å²) in [6.07, 6.45) is -0.830. The topological polar surface area (TPSA) is 53.0 Å². The highest BCUT2D eigenvalue weighted by Crippen LogP contribution is 2.42. The molecule has 0 spiro atoms. The number of anilines is 1. The molecule has 0 fully saturated rings. The van der Waals surface area contributed by atoms with Crippen molar-refractivity contribution in [2.45, 2.75) is 49.1 Å². The Morgan fingerprint density at radius 3 is 2.36 bits per heavy atom. The van der Waals surface area contributed by atoms with Gasteiger partial charge in [-0.15, -0.1) is 24.9 Å². The fourth-order valence-corrected chi connectivity index (χ4v) is 4.14. The number of nitrogens with zero attached hydrogens (tertiary/aromatic N) is 2. The minimum absolute atomic E-state index is 0.184. The summed E-state index contributed by atoms with van der Waals surface area (Å²) in [7, 11) is 2.02. The van der Waals surface area contributed by atoms with E-state index in [-0.39, 0.29) is 6.42 Å². The number of hydrogen-bond donors (Lipinski definition) is 1. The molecule has 0 aromatic heterocycles. The summed E-state index contributed by atoms with van der Waals surface area (Å²) < 4.78 is 53.8. The smallest absolute Gasteiger partial charge is 0.389 e. The molecular formula is C22H32F4N2O3S2. The number of fused-ring (bicyclic) bond motifs is 1. The van der Waals surface area contributed by atoms with E-state index in [2.05, 4.69) is 29.3 Å². The van der Waals surface area contributed by atoms with Gasteiger partial charge in [0.1, 0.15) is 12.0 Å². The van der Waals surface area contributed by atoms with Crippen LogP contribution < -0.4 is 9.64 Å². The minimum Gasteiger partial charge on any atom is -0.476 e. The highest BCUT2D eigenvalue weighted by atomic mass is 32.2. The van der Waals surface area contributed by atoms with Gasteiger partial charge < -0.3 is 14.7 Å². The first-order valence-electron chi connectivity index (χ1n) is 10.2. The average Bonchev–Trinajstić information content (AvgIpc) is 2.90. The van der Waals surface area contributed by atoms with Crippen molar-refractivity contribution in [3.63, 3.8) is 0 Å². The van der Waals surface area contributed by atoms with Gasteiger partial charge in [-0.05, 0) is 50.2 Å². The maximum atomic E-state index is 13.2. The second kappa shape index (κ2) is 15.9. The number of carboxylic acid groups (broad SMARTS) is 1. The highest BCUT2D eigenvalue weighted by molar-refractivity contribution is 7.98. The summed E-state index contributed by atoms with van der Waals surface area (Å²) in [5.74, 6) is -2.51. The van der Waals surface area contributed by atoms with Gasteiger partial charge in [0.2, 0.25) is 5.83 Å². The van der Waals surface area contributed by atoms with Crippen molar-refractivity contribution in [3.05, 3.63) is 37.4 Å². The van der Waals surface area contributed by atoms with E-state index in [1.165, 1.54) is 18.7 Å². The van der Waals surface area contributed by atoms with E-state index in [0.29, 0.717) is 12.0 Å². The molecule has 2 rings (SSSR count). The summed E-state index contributed by atoms with van der Waals surface area (Å²) in [6, 6.07) is 3.88. The molecule has 0 amide bonds. The number of carboxylic acids is 1.